The smallest absolute Gasteiger partial charge is 0.246 e. The van der Waals surface area contributed by atoms with Gasteiger partial charge in [-0.2, -0.15) is 24.4 Å². The quantitative estimate of drug-likeness (QED) is 0.560. The van der Waals surface area contributed by atoms with Crippen molar-refractivity contribution in [2.45, 2.75) is 32.2 Å². The topological polar surface area (TPSA) is 141 Å². The van der Waals surface area contributed by atoms with Crippen LogP contribution in [0.15, 0.2) is 29.2 Å². The van der Waals surface area contributed by atoms with Crippen LogP contribution < -0.4 is 11.1 Å². The van der Waals surface area contributed by atoms with Gasteiger partial charge < -0.3 is 15.8 Å². The summed E-state index contributed by atoms with van der Waals surface area (Å²) in [5.41, 5.74) is 8.78. The van der Waals surface area contributed by atoms with Crippen LogP contribution in [0.4, 0.5) is 17.6 Å². The summed E-state index contributed by atoms with van der Waals surface area (Å²) >= 11 is 0. The van der Waals surface area contributed by atoms with Gasteiger partial charge in [-0.05, 0) is 32.9 Å². The zero-order valence-corrected chi connectivity index (χ0v) is 19.1. The van der Waals surface area contributed by atoms with Crippen molar-refractivity contribution in [1.29, 1.82) is 0 Å². The minimum Gasteiger partial charge on any atom is -0.379 e. The SMILES string of the molecule is Cc1ccc(Nc2nc(N)nc(Cn3nc(C)c(S(=O)(=O)N4CCOCC4)c3C)n2)cc1. The molecule has 1 aliphatic rings. The van der Waals surface area contributed by atoms with Crippen molar-refractivity contribution < 1.29 is 13.2 Å². The molecule has 0 radical (unpaired) electrons. The Hall–Kier alpha value is -3.09. The van der Waals surface area contributed by atoms with E-state index >= 15 is 0 Å². The van der Waals surface area contributed by atoms with Gasteiger partial charge in [0.2, 0.25) is 21.9 Å². The highest BCUT2D eigenvalue weighted by molar-refractivity contribution is 7.89. The van der Waals surface area contributed by atoms with Gasteiger partial charge in [0, 0.05) is 18.8 Å². The van der Waals surface area contributed by atoms with Gasteiger partial charge in [0.25, 0.3) is 0 Å². The Labute approximate surface area is 186 Å². The maximum atomic E-state index is 13.2. The molecule has 0 bridgehead atoms. The van der Waals surface area contributed by atoms with Crippen molar-refractivity contribution in [2.24, 2.45) is 0 Å². The molecule has 3 heterocycles. The van der Waals surface area contributed by atoms with Crippen molar-refractivity contribution in [3.63, 3.8) is 0 Å². The Bertz CT molecular complexity index is 1220. The van der Waals surface area contributed by atoms with Crippen LogP contribution in [0.3, 0.4) is 0 Å². The number of nitrogens with one attached hydrogen (secondary N) is 1. The average Bonchev–Trinajstić information content (AvgIpc) is 3.03. The van der Waals surface area contributed by atoms with Crippen molar-refractivity contribution >= 4 is 27.6 Å². The number of anilines is 3. The molecule has 4 rings (SSSR count). The zero-order valence-electron chi connectivity index (χ0n) is 18.2. The van der Waals surface area contributed by atoms with Gasteiger partial charge in [0.1, 0.15) is 11.4 Å². The highest BCUT2D eigenvalue weighted by atomic mass is 32.2. The molecule has 0 aliphatic carbocycles. The predicted molar refractivity (Wildman–Crippen MR) is 119 cm³/mol. The van der Waals surface area contributed by atoms with Crippen LogP contribution in [0.2, 0.25) is 0 Å². The van der Waals surface area contributed by atoms with Crippen LogP contribution in [-0.4, -0.2) is 63.8 Å². The van der Waals surface area contributed by atoms with Crippen LogP contribution in [0, 0.1) is 20.8 Å². The number of ether oxygens (including phenoxy) is 1. The molecule has 3 aromatic rings. The third kappa shape index (κ3) is 4.56. The number of rotatable bonds is 6. The lowest BCUT2D eigenvalue weighted by Gasteiger charge is -2.26. The average molecular weight is 459 g/mol. The number of nitrogens with two attached hydrogens (primary N) is 1. The fraction of sp³-hybridized carbons (Fsp3) is 0.400. The van der Waals surface area contributed by atoms with Gasteiger partial charge in [-0.3, -0.25) is 4.68 Å². The molecule has 3 N–H and O–H groups in total. The van der Waals surface area contributed by atoms with Gasteiger partial charge in [0.15, 0.2) is 5.82 Å². The van der Waals surface area contributed by atoms with Crippen LogP contribution in [-0.2, 0) is 21.3 Å². The molecule has 12 heteroatoms. The number of sulfonamides is 1. The number of hydrogen-bond donors (Lipinski definition) is 2. The standard InChI is InChI=1S/C20H26N8O3S/c1-13-4-6-16(7-5-13)22-20-24-17(23-19(21)25-20)12-28-15(3)18(14(2)26-28)32(29,30)27-8-10-31-11-9-27/h4-7H,8-12H2,1-3H3,(H3,21,22,23,24,25). The molecular formula is C20H26N8O3S. The predicted octanol–water partition coefficient (Wildman–Crippen LogP) is 1.39. The second-order valence-corrected chi connectivity index (χ2v) is 9.47. The molecule has 0 saturated carbocycles. The van der Waals surface area contributed by atoms with Gasteiger partial charge in [-0.25, -0.2) is 8.42 Å². The first-order valence-corrected chi connectivity index (χ1v) is 11.6. The van der Waals surface area contributed by atoms with E-state index in [-0.39, 0.29) is 17.4 Å². The molecule has 1 fully saturated rings. The Morgan fingerprint density at radius 2 is 1.75 bits per heavy atom. The highest BCUT2D eigenvalue weighted by Crippen LogP contribution is 2.25. The minimum atomic E-state index is -3.68. The van der Waals surface area contributed by atoms with E-state index < -0.39 is 10.0 Å². The molecule has 2 aromatic heterocycles. The summed E-state index contributed by atoms with van der Waals surface area (Å²) in [6.45, 7) is 6.98. The van der Waals surface area contributed by atoms with E-state index in [1.807, 2.05) is 31.2 Å². The van der Waals surface area contributed by atoms with E-state index in [9.17, 15) is 8.42 Å². The molecule has 1 saturated heterocycles. The summed E-state index contributed by atoms with van der Waals surface area (Å²) in [4.78, 5) is 13.0. The van der Waals surface area contributed by atoms with E-state index in [0.29, 0.717) is 49.5 Å². The third-order valence-corrected chi connectivity index (χ3v) is 7.33. The summed E-state index contributed by atoms with van der Waals surface area (Å²) in [6.07, 6.45) is 0. The largest absolute Gasteiger partial charge is 0.379 e. The molecule has 0 spiro atoms. The first-order chi connectivity index (χ1) is 15.2. The zero-order chi connectivity index (χ0) is 22.9. The molecule has 1 aliphatic heterocycles. The van der Waals surface area contributed by atoms with Crippen molar-refractivity contribution in [1.82, 2.24) is 29.0 Å². The molecule has 11 nitrogen and oxygen atoms in total. The number of benzene rings is 1. The Morgan fingerprint density at radius 1 is 1.06 bits per heavy atom. The lowest BCUT2D eigenvalue weighted by Crippen LogP contribution is -2.41. The Morgan fingerprint density at radius 3 is 2.44 bits per heavy atom. The van der Waals surface area contributed by atoms with Gasteiger partial charge >= 0.3 is 0 Å². The number of hydrogen-bond acceptors (Lipinski definition) is 9. The van der Waals surface area contributed by atoms with Crippen LogP contribution >= 0.6 is 0 Å². The highest BCUT2D eigenvalue weighted by Gasteiger charge is 2.32. The fourth-order valence-corrected chi connectivity index (χ4v) is 5.37. The summed E-state index contributed by atoms with van der Waals surface area (Å²) in [5, 5.41) is 7.55. The van der Waals surface area contributed by atoms with Crippen LogP contribution in [0.5, 0.6) is 0 Å². The van der Waals surface area contributed by atoms with Crippen LogP contribution in [0.1, 0.15) is 22.8 Å². The molecule has 1 aromatic carbocycles. The van der Waals surface area contributed by atoms with E-state index in [1.54, 1.807) is 18.5 Å². The number of aromatic nitrogens is 5. The monoisotopic (exact) mass is 458 g/mol. The summed E-state index contributed by atoms with van der Waals surface area (Å²) in [5.74, 6) is 0.736. The maximum absolute atomic E-state index is 13.2. The Balaban J connectivity index is 1.60. The number of nitrogens with zero attached hydrogens (tertiary/aromatic N) is 6. The van der Waals surface area contributed by atoms with Gasteiger partial charge in [-0.1, -0.05) is 17.7 Å². The van der Waals surface area contributed by atoms with Crippen molar-refractivity contribution in [3.8, 4) is 0 Å². The van der Waals surface area contributed by atoms with E-state index in [4.69, 9.17) is 10.5 Å². The number of aryl methyl sites for hydroxylation is 2. The number of morpholine rings is 1. The molecule has 170 valence electrons. The fourth-order valence-electron chi connectivity index (χ4n) is 3.59. The second-order valence-electron chi connectivity index (χ2n) is 7.60. The first kappa shape index (κ1) is 22.1. The van der Waals surface area contributed by atoms with E-state index in [0.717, 1.165) is 11.3 Å². The van der Waals surface area contributed by atoms with E-state index in [2.05, 4.69) is 25.4 Å². The van der Waals surface area contributed by atoms with Gasteiger partial charge in [-0.15, -0.1) is 0 Å². The molecule has 0 atom stereocenters. The van der Waals surface area contributed by atoms with Gasteiger partial charge in [0.05, 0.1) is 24.6 Å². The summed E-state index contributed by atoms with van der Waals surface area (Å²) in [7, 11) is -3.68. The maximum Gasteiger partial charge on any atom is 0.246 e. The first-order valence-electron chi connectivity index (χ1n) is 10.2. The Kier molecular flexibility index (Phi) is 6.09. The minimum absolute atomic E-state index is 0.0623. The molecule has 32 heavy (non-hydrogen) atoms. The lowest BCUT2D eigenvalue weighted by molar-refractivity contribution is 0.0730. The molecular weight excluding hydrogens is 432 g/mol. The molecule has 0 amide bonds. The molecule has 0 unspecified atom stereocenters. The van der Waals surface area contributed by atoms with Crippen molar-refractivity contribution in [3.05, 3.63) is 47.0 Å². The third-order valence-electron chi connectivity index (χ3n) is 5.18. The normalized spacial score (nSPS) is 15.1. The summed E-state index contributed by atoms with van der Waals surface area (Å²) < 4.78 is 34.6. The van der Waals surface area contributed by atoms with Crippen molar-refractivity contribution in [2.75, 3.05) is 37.4 Å². The number of nitrogen functional groups attached to an aromatic ring is 1. The summed E-state index contributed by atoms with van der Waals surface area (Å²) in [6, 6.07) is 7.78. The van der Waals surface area contributed by atoms with Crippen LogP contribution in [0.25, 0.3) is 0 Å². The second kappa shape index (κ2) is 8.81. The van der Waals surface area contributed by atoms with E-state index in [1.165, 1.54) is 4.31 Å². The lowest BCUT2D eigenvalue weighted by atomic mass is 10.2.